The number of halogens is 2. The number of nitrogens with zero attached hydrogens (tertiary/aromatic N) is 2. The average Bonchev–Trinajstić information content (AvgIpc) is 3.19. The molecule has 1 fully saturated rings. The number of guanidine groups is 1. The number of rotatable bonds is 12. The van der Waals surface area contributed by atoms with Crippen LogP contribution >= 0.6 is 11.6 Å². The first-order valence-electron chi connectivity index (χ1n) is 14.9. The van der Waals surface area contributed by atoms with Gasteiger partial charge in [-0.3, -0.25) is 14.6 Å². The minimum atomic E-state index is -0.501. The van der Waals surface area contributed by atoms with E-state index in [2.05, 4.69) is 45.2 Å². The van der Waals surface area contributed by atoms with Gasteiger partial charge in [-0.05, 0) is 48.6 Å². The van der Waals surface area contributed by atoms with Crippen molar-refractivity contribution in [1.29, 1.82) is 0 Å². The van der Waals surface area contributed by atoms with Crippen LogP contribution in [-0.4, -0.2) is 68.0 Å². The Morgan fingerprint density at radius 3 is 2.41 bits per heavy atom. The molecule has 1 aliphatic rings. The summed E-state index contributed by atoms with van der Waals surface area (Å²) in [6.45, 7) is 1.95. The van der Waals surface area contributed by atoms with E-state index in [0.29, 0.717) is 51.4 Å². The Labute approximate surface area is 263 Å². The number of nitrogens with one attached hydrogen (secondary N) is 3. The zero-order valence-electron chi connectivity index (χ0n) is 24.9. The molecule has 3 aromatic rings. The van der Waals surface area contributed by atoms with Gasteiger partial charge in [0, 0.05) is 56.8 Å². The molecular weight excluding hydrogens is 579 g/mol. The molecule has 0 saturated carbocycles. The van der Waals surface area contributed by atoms with Gasteiger partial charge in [0.15, 0.2) is 5.96 Å². The third kappa shape index (κ3) is 9.39. The number of hydrogen-bond acceptors (Lipinski definition) is 4. The molecule has 0 bridgehead atoms. The van der Waals surface area contributed by atoms with Crippen molar-refractivity contribution in [2.45, 2.75) is 37.3 Å². The van der Waals surface area contributed by atoms with Crippen LogP contribution < -0.4 is 21.7 Å². The molecule has 4 rings (SSSR count). The molecule has 0 radical (unpaired) electrons. The number of carbonyl (C=O) groups is 2. The van der Waals surface area contributed by atoms with Crippen LogP contribution in [-0.2, 0) is 9.59 Å². The van der Waals surface area contributed by atoms with Crippen LogP contribution in [0.4, 0.5) is 4.39 Å². The number of nitrogens with two attached hydrogens (primary N) is 1. The number of amides is 2. The minimum absolute atomic E-state index is 0.0100. The maximum Gasteiger partial charge on any atom is 0.244 e. The fourth-order valence-electron chi connectivity index (χ4n) is 5.34. The highest BCUT2D eigenvalue weighted by molar-refractivity contribution is 6.32. The first kappa shape index (κ1) is 32.7. The van der Waals surface area contributed by atoms with Crippen molar-refractivity contribution < 1.29 is 14.0 Å². The van der Waals surface area contributed by atoms with Crippen LogP contribution in [0.5, 0.6) is 0 Å². The second kappa shape index (κ2) is 16.6. The Balaban J connectivity index is 1.47. The number of carbonyl (C=O) groups excluding carboxylic acids is 2. The van der Waals surface area contributed by atoms with Crippen molar-refractivity contribution in [2.24, 2.45) is 10.7 Å². The molecule has 8 nitrogen and oxygen atoms in total. The molecule has 2 amide bonds. The summed E-state index contributed by atoms with van der Waals surface area (Å²) in [5, 5.41) is 9.67. The summed E-state index contributed by atoms with van der Waals surface area (Å²) in [7, 11) is 1.62. The Morgan fingerprint density at radius 2 is 1.77 bits per heavy atom. The number of aliphatic imine (C=N–C) groups is 1. The fourth-order valence-corrected chi connectivity index (χ4v) is 5.56. The van der Waals surface area contributed by atoms with E-state index in [0.717, 1.165) is 11.1 Å². The van der Waals surface area contributed by atoms with Gasteiger partial charge in [0.2, 0.25) is 11.8 Å². The standard InChI is InChI=1S/C34H40ClFN6O2/c1-38-34(37)39-20-9-16-31-33(44)42(23-28(24-10-4-2-5-11-24)25-12-6-3-7-13-25)21-19-26(41-31)22-40-32(43)18-17-27-29(35)14-8-15-30(27)36/h2-8,10-15,17-18,26,28,31,41H,9,16,19-23H2,1H3,(H,40,43)(H3,37,38,39)/b18-17+. The second-order valence-corrected chi connectivity index (χ2v) is 11.2. The lowest BCUT2D eigenvalue weighted by atomic mass is 9.90. The molecule has 2 unspecified atom stereocenters. The third-order valence-corrected chi connectivity index (χ3v) is 8.07. The highest BCUT2D eigenvalue weighted by Crippen LogP contribution is 2.27. The average molecular weight is 619 g/mol. The second-order valence-electron chi connectivity index (χ2n) is 10.8. The molecular formula is C34H40ClFN6O2. The lowest BCUT2D eigenvalue weighted by molar-refractivity contribution is -0.133. The van der Waals surface area contributed by atoms with E-state index in [1.807, 2.05) is 41.3 Å². The van der Waals surface area contributed by atoms with Crippen LogP contribution in [0.15, 0.2) is 89.9 Å². The van der Waals surface area contributed by atoms with Crippen LogP contribution in [0.1, 0.15) is 41.9 Å². The largest absolute Gasteiger partial charge is 0.370 e. The molecule has 0 aromatic heterocycles. The molecule has 0 spiro atoms. The number of benzene rings is 3. The lowest BCUT2D eigenvalue weighted by Crippen LogP contribution is -2.49. The van der Waals surface area contributed by atoms with Gasteiger partial charge in [-0.1, -0.05) is 78.3 Å². The first-order chi connectivity index (χ1) is 21.4. The summed E-state index contributed by atoms with van der Waals surface area (Å²) in [5.41, 5.74) is 8.22. The quantitative estimate of drug-likeness (QED) is 0.105. The van der Waals surface area contributed by atoms with Crippen molar-refractivity contribution in [3.8, 4) is 0 Å². The van der Waals surface area contributed by atoms with Crippen LogP contribution in [0.2, 0.25) is 5.02 Å². The minimum Gasteiger partial charge on any atom is -0.370 e. The Morgan fingerprint density at radius 1 is 1.09 bits per heavy atom. The molecule has 1 saturated heterocycles. The van der Waals surface area contributed by atoms with Gasteiger partial charge in [0.05, 0.1) is 11.1 Å². The van der Waals surface area contributed by atoms with E-state index in [1.54, 1.807) is 13.1 Å². The van der Waals surface area contributed by atoms with Gasteiger partial charge in [-0.2, -0.15) is 0 Å². The lowest BCUT2D eigenvalue weighted by Gasteiger charge is -2.29. The maximum absolute atomic E-state index is 14.1. The smallest absolute Gasteiger partial charge is 0.244 e. The number of hydrogen-bond donors (Lipinski definition) is 4. The van der Waals surface area contributed by atoms with Crippen LogP contribution in [0, 0.1) is 5.82 Å². The van der Waals surface area contributed by atoms with Gasteiger partial charge in [0.25, 0.3) is 0 Å². The van der Waals surface area contributed by atoms with E-state index in [-0.39, 0.29) is 34.4 Å². The topological polar surface area (TPSA) is 112 Å². The Kier molecular flexibility index (Phi) is 12.3. The summed E-state index contributed by atoms with van der Waals surface area (Å²) in [4.78, 5) is 32.5. The van der Waals surface area contributed by atoms with Crippen LogP contribution in [0.3, 0.4) is 0 Å². The predicted molar refractivity (Wildman–Crippen MR) is 175 cm³/mol. The summed E-state index contributed by atoms with van der Waals surface area (Å²) >= 11 is 6.08. The van der Waals surface area contributed by atoms with Crippen molar-refractivity contribution in [3.63, 3.8) is 0 Å². The van der Waals surface area contributed by atoms with Crippen LogP contribution in [0.25, 0.3) is 6.08 Å². The van der Waals surface area contributed by atoms with Gasteiger partial charge < -0.3 is 26.6 Å². The monoisotopic (exact) mass is 618 g/mol. The molecule has 2 atom stereocenters. The van der Waals surface area contributed by atoms with Gasteiger partial charge in [-0.15, -0.1) is 0 Å². The highest BCUT2D eigenvalue weighted by Gasteiger charge is 2.32. The molecule has 1 heterocycles. The van der Waals surface area contributed by atoms with E-state index in [1.165, 1.54) is 24.3 Å². The summed E-state index contributed by atoms with van der Waals surface area (Å²) < 4.78 is 14.1. The van der Waals surface area contributed by atoms with Gasteiger partial charge >= 0.3 is 0 Å². The molecule has 232 valence electrons. The summed E-state index contributed by atoms with van der Waals surface area (Å²) in [6, 6.07) is 24.2. The zero-order valence-corrected chi connectivity index (χ0v) is 25.6. The van der Waals surface area contributed by atoms with Gasteiger partial charge in [0.1, 0.15) is 5.82 Å². The molecule has 1 aliphatic heterocycles. The molecule has 3 aromatic carbocycles. The molecule has 44 heavy (non-hydrogen) atoms. The molecule has 5 N–H and O–H groups in total. The van der Waals surface area contributed by atoms with Gasteiger partial charge in [-0.25, -0.2) is 4.39 Å². The predicted octanol–water partition coefficient (Wildman–Crippen LogP) is 4.31. The zero-order chi connectivity index (χ0) is 31.3. The van der Waals surface area contributed by atoms with Crippen molar-refractivity contribution in [1.82, 2.24) is 20.9 Å². The third-order valence-electron chi connectivity index (χ3n) is 7.74. The molecule has 10 heteroatoms. The summed E-state index contributed by atoms with van der Waals surface area (Å²) in [6.07, 6.45) is 4.56. The first-order valence-corrected chi connectivity index (χ1v) is 15.2. The Hall–Kier alpha value is -4.21. The SMILES string of the molecule is CN=C(N)NCCCC1NC(CNC(=O)/C=C/c2c(F)cccc2Cl)CCN(CC(c2ccccc2)c2ccccc2)C1=O. The maximum atomic E-state index is 14.1. The van der Waals surface area contributed by atoms with Crippen molar-refractivity contribution in [3.05, 3.63) is 112 Å². The fraction of sp³-hybridized carbons (Fsp3) is 0.324. The van der Waals surface area contributed by atoms with E-state index >= 15 is 0 Å². The van der Waals surface area contributed by atoms with E-state index in [9.17, 15) is 14.0 Å². The Bertz CT molecular complexity index is 1380. The summed E-state index contributed by atoms with van der Waals surface area (Å²) in [5.74, 6) is -0.482. The van der Waals surface area contributed by atoms with E-state index in [4.69, 9.17) is 17.3 Å². The van der Waals surface area contributed by atoms with E-state index < -0.39 is 11.9 Å². The normalized spacial score (nSPS) is 17.6. The molecule has 0 aliphatic carbocycles. The van der Waals surface area contributed by atoms with Crippen molar-refractivity contribution >= 4 is 35.5 Å². The highest BCUT2D eigenvalue weighted by atomic mass is 35.5. The van der Waals surface area contributed by atoms with Crippen molar-refractivity contribution in [2.75, 3.05) is 33.2 Å².